The number of hydrogen-bond acceptors (Lipinski definition) is 4. The minimum absolute atomic E-state index is 0.00414. The Balaban J connectivity index is 1.50. The molecule has 1 fully saturated rings. The maximum absolute atomic E-state index is 12.6. The highest BCUT2D eigenvalue weighted by Crippen LogP contribution is 2.28. The molecule has 0 saturated carbocycles. The van der Waals surface area contributed by atoms with Gasteiger partial charge in [0.25, 0.3) is 15.9 Å². The lowest BCUT2D eigenvalue weighted by Gasteiger charge is -2.15. The van der Waals surface area contributed by atoms with Crippen molar-refractivity contribution in [1.82, 2.24) is 4.90 Å². The van der Waals surface area contributed by atoms with Crippen LogP contribution < -0.4 is 9.46 Å². The van der Waals surface area contributed by atoms with Gasteiger partial charge in [-0.1, -0.05) is 0 Å². The molecule has 2 aliphatic rings. The van der Waals surface area contributed by atoms with Crippen LogP contribution in [0.4, 0.5) is 5.69 Å². The lowest BCUT2D eigenvalue weighted by molar-refractivity contribution is 0.0793. The van der Waals surface area contributed by atoms with Crippen molar-refractivity contribution in [2.24, 2.45) is 0 Å². The minimum atomic E-state index is -3.68. The van der Waals surface area contributed by atoms with Gasteiger partial charge in [-0.2, -0.15) is 0 Å². The quantitative estimate of drug-likeness (QED) is 0.895. The van der Waals surface area contributed by atoms with Crippen molar-refractivity contribution < 1.29 is 17.9 Å². The summed E-state index contributed by atoms with van der Waals surface area (Å²) in [5.41, 5.74) is 1.91. The van der Waals surface area contributed by atoms with E-state index in [0.717, 1.165) is 37.2 Å². The fraction of sp³-hybridized carbons (Fsp3) is 0.316. The Bertz CT molecular complexity index is 933. The molecule has 0 spiro atoms. The van der Waals surface area contributed by atoms with Gasteiger partial charge in [-0.05, 0) is 60.9 Å². The molecule has 2 aliphatic heterocycles. The SMILES string of the molecule is O=C(c1ccc(NS(=O)(=O)c2ccc3c(c2)CCO3)cc1)N1CCCC1. The van der Waals surface area contributed by atoms with E-state index in [9.17, 15) is 13.2 Å². The number of carbonyl (C=O) groups is 1. The van der Waals surface area contributed by atoms with Crippen LogP contribution >= 0.6 is 0 Å². The fourth-order valence-electron chi connectivity index (χ4n) is 3.33. The minimum Gasteiger partial charge on any atom is -0.493 e. The smallest absolute Gasteiger partial charge is 0.261 e. The van der Waals surface area contributed by atoms with Gasteiger partial charge in [0.1, 0.15) is 5.75 Å². The van der Waals surface area contributed by atoms with Crippen LogP contribution in [-0.2, 0) is 16.4 Å². The molecule has 0 unspecified atom stereocenters. The molecule has 1 saturated heterocycles. The summed E-state index contributed by atoms with van der Waals surface area (Å²) in [5.74, 6) is 0.740. The molecule has 2 aromatic rings. The van der Waals surface area contributed by atoms with Crippen LogP contribution in [0.5, 0.6) is 5.75 Å². The summed E-state index contributed by atoms with van der Waals surface area (Å²) in [5, 5.41) is 0. The van der Waals surface area contributed by atoms with Crippen LogP contribution in [0.2, 0.25) is 0 Å². The summed E-state index contributed by atoms with van der Waals surface area (Å²) in [6.07, 6.45) is 2.79. The summed E-state index contributed by atoms with van der Waals surface area (Å²) in [4.78, 5) is 14.4. The average Bonchev–Trinajstić information content (AvgIpc) is 3.32. The van der Waals surface area contributed by atoms with Gasteiger partial charge in [-0.15, -0.1) is 0 Å². The maximum atomic E-state index is 12.6. The second-order valence-corrected chi connectivity index (χ2v) is 8.23. The number of sulfonamides is 1. The van der Waals surface area contributed by atoms with E-state index in [1.807, 2.05) is 4.90 Å². The molecule has 0 bridgehead atoms. The first kappa shape index (κ1) is 16.9. The van der Waals surface area contributed by atoms with E-state index in [1.54, 1.807) is 36.4 Å². The van der Waals surface area contributed by atoms with Gasteiger partial charge in [0.15, 0.2) is 0 Å². The number of likely N-dealkylation sites (tertiary alicyclic amines) is 1. The Morgan fingerprint density at radius 3 is 2.50 bits per heavy atom. The first-order chi connectivity index (χ1) is 12.5. The van der Waals surface area contributed by atoms with Crippen molar-refractivity contribution in [3.05, 3.63) is 53.6 Å². The summed E-state index contributed by atoms with van der Waals surface area (Å²) in [7, 11) is -3.68. The van der Waals surface area contributed by atoms with Gasteiger partial charge < -0.3 is 9.64 Å². The highest BCUT2D eigenvalue weighted by Gasteiger charge is 2.21. The van der Waals surface area contributed by atoms with Crippen molar-refractivity contribution >= 4 is 21.6 Å². The lowest BCUT2D eigenvalue weighted by atomic mass is 10.2. The van der Waals surface area contributed by atoms with Crippen LogP contribution in [0.25, 0.3) is 0 Å². The van der Waals surface area contributed by atoms with Crippen LogP contribution in [0.1, 0.15) is 28.8 Å². The summed E-state index contributed by atoms with van der Waals surface area (Å²) < 4.78 is 33.2. The number of amides is 1. The Morgan fingerprint density at radius 2 is 1.77 bits per heavy atom. The number of anilines is 1. The number of ether oxygens (including phenoxy) is 1. The molecule has 2 heterocycles. The van der Waals surface area contributed by atoms with Gasteiger partial charge in [0.2, 0.25) is 0 Å². The van der Waals surface area contributed by atoms with Crippen LogP contribution in [0.15, 0.2) is 47.4 Å². The monoisotopic (exact) mass is 372 g/mol. The van der Waals surface area contributed by atoms with Crippen molar-refractivity contribution in [2.45, 2.75) is 24.2 Å². The highest BCUT2D eigenvalue weighted by molar-refractivity contribution is 7.92. The zero-order chi connectivity index (χ0) is 18.1. The molecule has 1 N–H and O–H groups in total. The molecule has 0 atom stereocenters. The predicted octanol–water partition coefficient (Wildman–Crippen LogP) is 2.66. The molecule has 0 aromatic heterocycles. The van der Waals surface area contributed by atoms with E-state index in [0.29, 0.717) is 24.3 Å². The number of benzene rings is 2. The second-order valence-electron chi connectivity index (χ2n) is 6.55. The number of fused-ring (bicyclic) bond motifs is 1. The number of nitrogens with zero attached hydrogens (tertiary/aromatic N) is 1. The van der Waals surface area contributed by atoms with Gasteiger partial charge in [-0.25, -0.2) is 8.42 Å². The fourth-order valence-corrected chi connectivity index (χ4v) is 4.44. The molecule has 6 nitrogen and oxygen atoms in total. The standard InChI is InChI=1S/C19H20N2O4S/c22-19(21-10-1-2-11-21)14-3-5-16(6-4-14)20-26(23,24)17-7-8-18-15(13-17)9-12-25-18/h3-8,13,20H,1-2,9-12H2. The normalized spacial score (nSPS) is 16.2. The lowest BCUT2D eigenvalue weighted by Crippen LogP contribution is -2.27. The van der Waals surface area contributed by atoms with Gasteiger partial charge >= 0.3 is 0 Å². The van der Waals surface area contributed by atoms with Crippen LogP contribution in [-0.4, -0.2) is 38.9 Å². The Hall–Kier alpha value is -2.54. The van der Waals surface area contributed by atoms with Crippen molar-refractivity contribution in [3.8, 4) is 5.75 Å². The van der Waals surface area contributed by atoms with E-state index in [4.69, 9.17) is 4.74 Å². The second kappa shape index (κ2) is 6.64. The molecule has 0 radical (unpaired) electrons. The third-order valence-electron chi connectivity index (χ3n) is 4.75. The van der Waals surface area contributed by atoms with Crippen molar-refractivity contribution in [3.63, 3.8) is 0 Å². The van der Waals surface area contributed by atoms with Crippen LogP contribution in [0, 0.1) is 0 Å². The predicted molar refractivity (Wildman–Crippen MR) is 98.0 cm³/mol. The molecular weight excluding hydrogens is 352 g/mol. The third-order valence-corrected chi connectivity index (χ3v) is 6.13. The van der Waals surface area contributed by atoms with E-state index in [2.05, 4.69) is 4.72 Å². The molecular formula is C19H20N2O4S. The Morgan fingerprint density at radius 1 is 1.04 bits per heavy atom. The van der Waals surface area contributed by atoms with E-state index in [-0.39, 0.29) is 10.8 Å². The molecule has 4 rings (SSSR count). The first-order valence-electron chi connectivity index (χ1n) is 8.71. The molecule has 1 amide bonds. The zero-order valence-electron chi connectivity index (χ0n) is 14.3. The number of nitrogens with one attached hydrogen (secondary N) is 1. The maximum Gasteiger partial charge on any atom is 0.261 e. The molecule has 136 valence electrons. The average molecular weight is 372 g/mol. The highest BCUT2D eigenvalue weighted by atomic mass is 32.2. The first-order valence-corrected chi connectivity index (χ1v) is 10.2. The van der Waals surface area contributed by atoms with Crippen molar-refractivity contribution in [2.75, 3.05) is 24.4 Å². The molecule has 26 heavy (non-hydrogen) atoms. The topological polar surface area (TPSA) is 75.7 Å². The van der Waals surface area contributed by atoms with E-state index in [1.165, 1.54) is 6.07 Å². The van der Waals surface area contributed by atoms with E-state index < -0.39 is 10.0 Å². The van der Waals surface area contributed by atoms with Gasteiger partial charge in [0, 0.05) is 30.8 Å². The Kier molecular flexibility index (Phi) is 4.32. The van der Waals surface area contributed by atoms with Crippen molar-refractivity contribution in [1.29, 1.82) is 0 Å². The zero-order valence-corrected chi connectivity index (χ0v) is 15.1. The summed E-state index contributed by atoms with van der Waals surface area (Å²) >= 11 is 0. The summed E-state index contributed by atoms with van der Waals surface area (Å²) in [6.45, 7) is 2.16. The summed E-state index contributed by atoms with van der Waals surface area (Å²) in [6, 6.07) is 11.4. The molecule has 2 aromatic carbocycles. The van der Waals surface area contributed by atoms with Gasteiger partial charge in [0.05, 0.1) is 11.5 Å². The van der Waals surface area contributed by atoms with Crippen LogP contribution in [0.3, 0.4) is 0 Å². The third kappa shape index (κ3) is 3.26. The Labute approximate surface area is 152 Å². The molecule has 0 aliphatic carbocycles. The van der Waals surface area contributed by atoms with E-state index >= 15 is 0 Å². The van der Waals surface area contributed by atoms with Gasteiger partial charge in [-0.3, -0.25) is 9.52 Å². The largest absolute Gasteiger partial charge is 0.493 e. The molecule has 7 heteroatoms. The number of carbonyl (C=O) groups excluding carboxylic acids is 1. The number of hydrogen-bond donors (Lipinski definition) is 1. The number of rotatable bonds is 4.